The van der Waals surface area contributed by atoms with Gasteiger partial charge in [-0.05, 0) is 109 Å². The Morgan fingerprint density at radius 1 is 0.652 bits per heavy atom. The Bertz CT molecular complexity index is 1020. The second kappa shape index (κ2) is 17.4. The van der Waals surface area contributed by atoms with E-state index in [1.807, 2.05) is 6.92 Å². The number of carbonyl (C=O) groups is 5. The zero-order chi connectivity index (χ0) is 36.1. The maximum atomic E-state index is 13.6. The van der Waals surface area contributed by atoms with E-state index in [0.29, 0.717) is 17.7 Å². The summed E-state index contributed by atoms with van der Waals surface area (Å²) in [6.07, 6.45) is -2.01. The van der Waals surface area contributed by atoms with E-state index in [1.165, 1.54) is 0 Å². The Balaban J connectivity index is 6.61. The minimum Gasteiger partial charge on any atom is -0.444 e. The molecule has 0 aromatic heterocycles. The second-order valence-corrected chi connectivity index (χ2v) is 15.0. The van der Waals surface area contributed by atoms with Gasteiger partial charge in [0.2, 0.25) is 12.2 Å². The lowest BCUT2D eigenvalue weighted by Crippen LogP contribution is -2.66. The molecular formula is C32H57N4O10. The van der Waals surface area contributed by atoms with Crippen LogP contribution in [0.2, 0.25) is 0 Å². The first-order valence-corrected chi connectivity index (χ1v) is 15.7. The van der Waals surface area contributed by atoms with Crippen molar-refractivity contribution in [2.75, 3.05) is 0 Å². The van der Waals surface area contributed by atoms with Gasteiger partial charge in [0.05, 0.1) is 0 Å². The molecule has 3 N–H and O–H groups in total. The van der Waals surface area contributed by atoms with Gasteiger partial charge in [0.15, 0.2) is 5.66 Å². The van der Waals surface area contributed by atoms with Crippen LogP contribution in [-0.4, -0.2) is 75.7 Å². The molecule has 14 nitrogen and oxygen atoms in total. The van der Waals surface area contributed by atoms with E-state index in [4.69, 9.17) is 18.9 Å². The van der Waals surface area contributed by atoms with E-state index in [0.717, 1.165) is 6.42 Å². The van der Waals surface area contributed by atoms with Crippen molar-refractivity contribution in [2.45, 2.75) is 169 Å². The van der Waals surface area contributed by atoms with Gasteiger partial charge in [0.25, 0.3) is 0 Å². The molecule has 0 fully saturated rings. The van der Waals surface area contributed by atoms with Crippen LogP contribution in [0.5, 0.6) is 0 Å². The Labute approximate surface area is 274 Å². The number of rotatable bonds is 13. The summed E-state index contributed by atoms with van der Waals surface area (Å²) in [4.78, 5) is 78.7. The van der Waals surface area contributed by atoms with Crippen molar-refractivity contribution < 1.29 is 47.7 Å². The number of ether oxygens (including phenoxy) is 4. The third-order valence-electron chi connectivity index (χ3n) is 5.49. The van der Waals surface area contributed by atoms with Gasteiger partial charge in [-0.1, -0.05) is 19.8 Å². The standard InChI is InChI=1S/C32H57N4O10/c1-14-15-16-19-23(38)36(27(42)46-31(11,12)13)32(21-37,35-26(41)45-30(8,9)10)20-17-18-22(33-24(39)43-28(2,3)4)34-25(40)44-29(5,6)7/h22H,14-20H2,1-13H3,(H,33,39)(H,34,40)(H,35,41)/t32-/m0/s1. The number of unbranched alkanes of at least 4 members (excludes halogenated alkanes) is 2. The molecule has 0 aromatic carbocycles. The first kappa shape index (κ1) is 42.4. The van der Waals surface area contributed by atoms with Crippen molar-refractivity contribution >= 4 is 36.6 Å². The first-order chi connectivity index (χ1) is 20.7. The molecule has 0 saturated heterocycles. The molecule has 0 aliphatic heterocycles. The van der Waals surface area contributed by atoms with Crippen molar-refractivity contribution in [2.24, 2.45) is 0 Å². The molecule has 0 aliphatic rings. The molecular weight excluding hydrogens is 600 g/mol. The van der Waals surface area contributed by atoms with Crippen molar-refractivity contribution in [1.82, 2.24) is 20.9 Å². The highest BCUT2D eigenvalue weighted by Gasteiger charge is 2.48. The van der Waals surface area contributed by atoms with Crippen LogP contribution in [-0.2, 0) is 28.5 Å². The van der Waals surface area contributed by atoms with Crippen LogP contribution < -0.4 is 16.0 Å². The van der Waals surface area contributed by atoms with Gasteiger partial charge in [-0.3, -0.25) is 14.9 Å². The topological polar surface area (TPSA) is 179 Å². The SMILES string of the molecule is CCCCCC(=O)N(C(=O)OC(C)(C)C)[C@]([C]=O)(CCCC(NC(=O)OC(C)(C)C)NC(=O)OC(C)(C)C)NC(=O)OC(C)(C)C. The third kappa shape index (κ3) is 18.4. The molecule has 0 rings (SSSR count). The van der Waals surface area contributed by atoms with Crippen molar-refractivity contribution in [1.29, 1.82) is 0 Å². The van der Waals surface area contributed by atoms with Gasteiger partial charge in [-0.25, -0.2) is 24.1 Å². The fourth-order valence-electron chi connectivity index (χ4n) is 3.88. The maximum Gasteiger partial charge on any atom is 0.419 e. The molecule has 14 heteroatoms. The molecule has 0 aromatic rings. The lowest BCUT2D eigenvalue weighted by Gasteiger charge is -2.39. The Kier molecular flexibility index (Phi) is 16.0. The summed E-state index contributed by atoms with van der Waals surface area (Å²) in [7, 11) is 0. The molecule has 5 amide bonds. The summed E-state index contributed by atoms with van der Waals surface area (Å²) in [6.45, 7) is 21.5. The predicted octanol–water partition coefficient (Wildman–Crippen LogP) is 6.21. The summed E-state index contributed by atoms with van der Waals surface area (Å²) in [5.41, 5.74) is -6.09. The Hall–Kier alpha value is -3.58. The fourth-order valence-corrected chi connectivity index (χ4v) is 3.88. The number of carbonyl (C=O) groups excluding carboxylic acids is 6. The number of nitrogens with zero attached hydrogens (tertiary/aromatic N) is 1. The number of alkyl carbamates (subject to hydrolysis) is 3. The molecule has 1 radical (unpaired) electrons. The molecule has 0 aliphatic carbocycles. The summed E-state index contributed by atoms with van der Waals surface area (Å²) < 4.78 is 21.5. The van der Waals surface area contributed by atoms with Crippen LogP contribution in [0.25, 0.3) is 0 Å². The van der Waals surface area contributed by atoms with Gasteiger partial charge in [-0.15, -0.1) is 0 Å². The number of imide groups is 1. The molecule has 0 bridgehead atoms. The van der Waals surface area contributed by atoms with Crippen LogP contribution >= 0.6 is 0 Å². The summed E-state index contributed by atoms with van der Waals surface area (Å²) in [5, 5.41) is 7.49. The van der Waals surface area contributed by atoms with Gasteiger partial charge in [-0.2, -0.15) is 0 Å². The molecule has 265 valence electrons. The molecule has 0 saturated carbocycles. The largest absolute Gasteiger partial charge is 0.444 e. The Morgan fingerprint density at radius 2 is 1.09 bits per heavy atom. The lowest BCUT2D eigenvalue weighted by molar-refractivity contribution is -0.135. The summed E-state index contributed by atoms with van der Waals surface area (Å²) in [5.74, 6) is -0.766. The van der Waals surface area contributed by atoms with Crippen molar-refractivity contribution in [3.8, 4) is 0 Å². The second-order valence-electron chi connectivity index (χ2n) is 15.0. The summed E-state index contributed by atoms with van der Waals surface area (Å²) in [6, 6.07) is 0. The smallest absolute Gasteiger partial charge is 0.419 e. The number of amides is 5. The van der Waals surface area contributed by atoms with Crippen LogP contribution in [0.15, 0.2) is 0 Å². The highest BCUT2D eigenvalue weighted by molar-refractivity contribution is 5.97. The van der Waals surface area contributed by atoms with E-state index in [9.17, 15) is 28.8 Å². The minimum atomic E-state index is -2.36. The summed E-state index contributed by atoms with van der Waals surface area (Å²) >= 11 is 0. The number of hydrogen-bond acceptors (Lipinski definition) is 10. The first-order valence-electron chi connectivity index (χ1n) is 15.7. The van der Waals surface area contributed by atoms with Gasteiger partial charge < -0.3 is 29.6 Å². The van der Waals surface area contributed by atoms with E-state index < -0.39 is 64.5 Å². The highest BCUT2D eigenvalue weighted by Crippen LogP contribution is 2.25. The zero-order valence-electron chi connectivity index (χ0n) is 30.1. The highest BCUT2D eigenvalue weighted by atomic mass is 16.6. The van der Waals surface area contributed by atoms with Crippen LogP contribution in [0.1, 0.15) is 135 Å². The minimum absolute atomic E-state index is 0.0515. The van der Waals surface area contributed by atoms with E-state index in [1.54, 1.807) is 89.4 Å². The number of nitrogens with one attached hydrogen (secondary N) is 3. The quantitative estimate of drug-likeness (QED) is 0.117. The van der Waals surface area contributed by atoms with Gasteiger partial charge in [0.1, 0.15) is 28.6 Å². The maximum absolute atomic E-state index is 13.6. The third-order valence-corrected chi connectivity index (χ3v) is 5.49. The van der Waals surface area contributed by atoms with E-state index in [2.05, 4.69) is 16.0 Å². The number of hydrogen-bond donors (Lipinski definition) is 3. The molecule has 0 heterocycles. The van der Waals surface area contributed by atoms with Crippen molar-refractivity contribution in [3.05, 3.63) is 0 Å². The van der Waals surface area contributed by atoms with Crippen LogP contribution in [0, 0.1) is 0 Å². The van der Waals surface area contributed by atoms with E-state index >= 15 is 0 Å². The normalized spacial score (nSPS) is 13.5. The average molecular weight is 658 g/mol. The molecule has 46 heavy (non-hydrogen) atoms. The van der Waals surface area contributed by atoms with E-state index in [-0.39, 0.29) is 25.7 Å². The lowest BCUT2D eigenvalue weighted by atomic mass is 9.99. The predicted molar refractivity (Wildman–Crippen MR) is 171 cm³/mol. The van der Waals surface area contributed by atoms with Gasteiger partial charge >= 0.3 is 24.4 Å². The monoisotopic (exact) mass is 657 g/mol. The average Bonchev–Trinajstić information content (AvgIpc) is 2.79. The van der Waals surface area contributed by atoms with Gasteiger partial charge in [0, 0.05) is 6.42 Å². The molecule has 0 spiro atoms. The van der Waals surface area contributed by atoms with Crippen molar-refractivity contribution in [3.63, 3.8) is 0 Å². The fraction of sp³-hybridized carbons (Fsp3) is 0.812. The Morgan fingerprint density at radius 3 is 1.48 bits per heavy atom. The molecule has 0 unspecified atom stereocenters. The van der Waals surface area contributed by atoms with Crippen LogP contribution in [0.4, 0.5) is 19.2 Å². The van der Waals surface area contributed by atoms with Crippen LogP contribution in [0.3, 0.4) is 0 Å². The molecule has 1 atom stereocenters. The zero-order valence-corrected chi connectivity index (χ0v) is 30.1.